The molecule has 0 bridgehead atoms. The predicted octanol–water partition coefficient (Wildman–Crippen LogP) is -1.81. The van der Waals surface area contributed by atoms with E-state index >= 15 is 0 Å². The first kappa shape index (κ1) is 28.5. The predicted molar refractivity (Wildman–Crippen MR) is 138 cm³/mol. The molecule has 0 fully saturated rings. The van der Waals surface area contributed by atoms with Crippen LogP contribution in [0.15, 0.2) is 35.5 Å². The molecule has 196 valence electrons. The topological polar surface area (TPSA) is 231 Å². The van der Waals surface area contributed by atoms with Gasteiger partial charge in [-0.2, -0.15) is 12.6 Å². The second-order valence-corrected chi connectivity index (χ2v) is 8.34. The number of fused-ring (bicyclic) bond motifs is 1. The summed E-state index contributed by atoms with van der Waals surface area (Å²) in [6, 6.07) is 4.00. The number of nitrogens with zero attached hydrogens (tertiary/aromatic N) is 1. The number of hydrogen-bond acceptors (Lipinski definition) is 7. The van der Waals surface area contributed by atoms with Gasteiger partial charge in [-0.25, -0.2) is 4.79 Å². The van der Waals surface area contributed by atoms with E-state index in [2.05, 4.69) is 38.6 Å². The highest BCUT2D eigenvalue weighted by Gasteiger charge is 2.29. The molecule has 13 nitrogen and oxygen atoms in total. The minimum Gasteiger partial charge on any atom is -0.480 e. The van der Waals surface area contributed by atoms with Crippen LogP contribution < -0.4 is 33.2 Å². The number of aliphatic imine (C=N–C) groups is 1. The third-order valence-corrected chi connectivity index (χ3v) is 5.68. The Morgan fingerprint density at radius 3 is 2.33 bits per heavy atom. The Hall–Kier alpha value is -3.78. The van der Waals surface area contributed by atoms with Crippen molar-refractivity contribution >= 4 is 53.2 Å². The van der Waals surface area contributed by atoms with Crippen LogP contribution in [0.4, 0.5) is 0 Å². The van der Waals surface area contributed by atoms with Crippen LogP contribution in [0.25, 0.3) is 10.9 Å². The lowest BCUT2D eigenvalue weighted by atomic mass is 10.0. The molecule has 36 heavy (non-hydrogen) atoms. The van der Waals surface area contributed by atoms with Gasteiger partial charge in [0, 0.05) is 35.8 Å². The number of carbonyl (C=O) groups excluding carboxylic acids is 3. The molecule has 0 saturated heterocycles. The Labute approximate surface area is 213 Å². The van der Waals surface area contributed by atoms with Gasteiger partial charge in [-0.1, -0.05) is 18.2 Å². The van der Waals surface area contributed by atoms with Crippen molar-refractivity contribution in [2.75, 3.05) is 18.8 Å². The fourth-order valence-electron chi connectivity index (χ4n) is 3.48. The van der Waals surface area contributed by atoms with Crippen molar-refractivity contribution in [3.05, 3.63) is 36.0 Å². The van der Waals surface area contributed by atoms with Crippen molar-refractivity contribution < 1.29 is 24.3 Å². The van der Waals surface area contributed by atoms with Crippen molar-refractivity contribution in [2.45, 2.75) is 37.4 Å². The molecule has 2 aromatic rings. The summed E-state index contributed by atoms with van der Waals surface area (Å²) >= 11 is 4.10. The van der Waals surface area contributed by atoms with Gasteiger partial charge in [0.25, 0.3) is 0 Å². The summed E-state index contributed by atoms with van der Waals surface area (Å²) in [5.41, 5.74) is 17.4. The summed E-state index contributed by atoms with van der Waals surface area (Å²) in [5.74, 6) is -3.32. The number of carboxylic acids is 1. The van der Waals surface area contributed by atoms with Crippen LogP contribution in [-0.2, 0) is 25.6 Å². The maximum Gasteiger partial charge on any atom is 0.326 e. The number of hydrogen-bond donors (Lipinski definition) is 9. The Balaban J connectivity index is 2.23. The fourth-order valence-corrected chi connectivity index (χ4v) is 3.74. The molecule has 0 aliphatic heterocycles. The van der Waals surface area contributed by atoms with E-state index in [0.717, 1.165) is 16.5 Å². The number of aliphatic carboxylic acids is 1. The van der Waals surface area contributed by atoms with Crippen LogP contribution in [0, 0.1) is 0 Å². The first-order chi connectivity index (χ1) is 17.2. The summed E-state index contributed by atoms with van der Waals surface area (Å²) in [5, 5.41) is 18.0. The zero-order chi connectivity index (χ0) is 26.7. The highest BCUT2D eigenvalue weighted by atomic mass is 32.1. The second-order valence-electron chi connectivity index (χ2n) is 7.98. The largest absolute Gasteiger partial charge is 0.480 e. The third kappa shape index (κ3) is 8.46. The molecule has 14 heteroatoms. The molecule has 2 rings (SSSR count). The third-order valence-electron chi connectivity index (χ3n) is 5.31. The Bertz CT molecular complexity index is 1100. The van der Waals surface area contributed by atoms with Gasteiger partial charge in [-0.15, -0.1) is 0 Å². The molecule has 11 N–H and O–H groups in total. The van der Waals surface area contributed by atoms with E-state index < -0.39 is 41.8 Å². The van der Waals surface area contributed by atoms with Crippen LogP contribution >= 0.6 is 12.6 Å². The maximum absolute atomic E-state index is 13.2. The average molecular weight is 521 g/mol. The van der Waals surface area contributed by atoms with E-state index in [1.54, 1.807) is 6.20 Å². The van der Waals surface area contributed by atoms with Gasteiger partial charge in [0.05, 0.1) is 6.54 Å². The van der Waals surface area contributed by atoms with Gasteiger partial charge in [-0.3, -0.25) is 19.4 Å². The fraction of sp³-hybridized carbons (Fsp3) is 0.409. The second kappa shape index (κ2) is 13.9. The number of benzene rings is 1. The average Bonchev–Trinajstić information content (AvgIpc) is 3.25. The maximum atomic E-state index is 13.2. The van der Waals surface area contributed by atoms with Crippen LogP contribution in [0.2, 0.25) is 0 Å². The number of aromatic amines is 1. The van der Waals surface area contributed by atoms with Crippen LogP contribution in [0.1, 0.15) is 18.4 Å². The summed E-state index contributed by atoms with van der Waals surface area (Å²) in [4.78, 5) is 56.4. The SMILES string of the molecule is NCC(=O)NC(CS)C(=O)NC(Cc1c[nH]c2ccccc12)C(=O)NC(CCCN=C(N)N)C(=O)O. The number of rotatable bonds is 14. The van der Waals surface area contributed by atoms with E-state index in [-0.39, 0.29) is 37.6 Å². The Morgan fingerprint density at radius 2 is 1.69 bits per heavy atom. The molecular formula is C22H32N8O5S. The van der Waals surface area contributed by atoms with E-state index in [0.29, 0.717) is 6.42 Å². The first-order valence-corrected chi connectivity index (χ1v) is 11.8. The molecule has 1 heterocycles. The Kier molecular flexibility index (Phi) is 11.0. The van der Waals surface area contributed by atoms with Gasteiger partial charge in [0.1, 0.15) is 18.1 Å². The van der Waals surface area contributed by atoms with Gasteiger partial charge in [-0.05, 0) is 24.5 Å². The molecule has 0 spiro atoms. The van der Waals surface area contributed by atoms with E-state index in [1.807, 2.05) is 24.3 Å². The van der Waals surface area contributed by atoms with Crippen molar-refractivity contribution in [2.24, 2.45) is 22.2 Å². The number of nitrogens with two attached hydrogens (primary N) is 3. The molecule has 3 unspecified atom stereocenters. The number of carboxylic acid groups (broad SMARTS) is 1. The van der Waals surface area contributed by atoms with Gasteiger partial charge in [0.2, 0.25) is 17.7 Å². The van der Waals surface area contributed by atoms with Crippen LogP contribution in [0.3, 0.4) is 0 Å². The standard InChI is InChI=1S/C22H32N8O5S/c23-9-18(31)28-17(11-36)20(33)30-16(8-12-10-27-14-5-2-1-4-13(12)14)19(32)29-15(21(34)35)6-3-7-26-22(24)25/h1-2,4-5,10,15-17,27,36H,3,6-9,11,23H2,(H,28,31)(H,29,32)(H,30,33)(H,34,35)(H4,24,25,26). The van der Waals surface area contributed by atoms with Gasteiger partial charge < -0.3 is 43.2 Å². The lowest BCUT2D eigenvalue weighted by Crippen LogP contribution is -2.57. The Morgan fingerprint density at radius 1 is 1.03 bits per heavy atom. The zero-order valence-electron chi connectivity index (χ0n) is 19.6. The lowest BCUT2D eigenvalue weighted by molar-refractivity contribution is -0.142. The monoisotopic (exact) mass is 520 g/mol. The van der Waals surface area contributed by atoms with E-state index in [4.69, 9.17) is 17.2 Å². The quantitative estimate of drug-likeness (QED) is 0.0595. The van der Waals surface area contributed by atoms with Crippen molar-refractivity contribution in [3.8, 4) is 0 Å². The number of thiol groups is 1. The molecule has 3 atom stereocenters. The van der Waals surface area contributed by atoms with Gasteiger partial charge in [0.15, 0.2) is 5.96 Å². The number of aromatic nitrogens is 1. The minimum atomic E-state index is -1.24. The van der Waals surface area contributed by atoms with Crippen molar-refractivity contribution in [3.63, 3.8) is 0 Å². The molecule has 0 aliphatic rings. The number of H-pyrrole nitrogens is 1. The molecule has 1 aromatic heterocycles. The van der Waals surface area contributed by atoms with E-state index in [1.165, 1.54) is 0 Å². The first-order valence-electron chi connectivity index (χ1n) is 11.2. The number of nitrogens with one attached hydrogen (secondary N) is 4. The number of carbonyl (C=O) groups is 4. The molecule has 0 aliphatic carbocycles. The number of para-hydroxylation sites is 1. The molecule has 3 amide bonds. The van der Waals surface area contributed by atoms with E-state index in [9.17, 15) is 24.3 Å². The summed E-state index contributed by atoms with van der Waals surface area (Å²) in [7, 11) is 0. The minimum absolute atomic E-state index is 0.0401. The lowest BCUT2D eigenvalue weighted by Gasteiger charge is -2.24. The summed E-state index contributed by atoms with van der Waals surface area (Å²) in [6.07, 6.45) is 2.15. The zero-order valence-corrected chi connectivity index (χ0v) is 20.5. The molecule has 0 radical (unpaired) electrons. The molecule has 1 aromatic carbocycles. The highest BCUT2D eigenvalue weighted by molar-refractivity contribution is 7.80. The summed E-state index contributed by atoms with van der Waals surface area (Å²) < 4.78 is 0. The molecule has 0 saturated carbocycles. The smallest absolute Gasteiger partial charge is 0.326 e. The van der Waals surface area contributed by atoms with Crippen molar-refractivity contribution in [1.29, 1.82) is 0 Å². The summed E-state index contributed by atoms with van der Waals surface area (Å²) in [6.45, 7) is -0.126. The highest BCUT2D eigenvalue weighted by Crippen LogP contribution is 2.19. The number of guanidine groups is 1. The number of amides is 3. The van der Waals surface area contributed by atoms with Crippen LogP contribution in [0.5, 0.6) is 0 Å². The van der Waals surface area contributed by atoms with Crippen molar-refractivity contribution in [1.82, 2.24) is 20.9 Å². The van der Waals surface area contributed by atoms with Gasteiger partial charge >= 0.3 is 5.97 Å². The molecular weight excluding hydrogens is 488 g/mol. The normalized spacial score (nSPS) is 13.3. The van der Waals surface area contributed by atoms with Crippen LogP contribution in [-0.4, -0.2) is 76.7 Å².